The van der Waals surface area contributed by atoms with E-state index in [0.717, 1.165) is 27.9 Å². The fraction of sp³-hybridized carbons (Fsp3) is 0.143. The molecule has 0 spiro atoms. The van der Waals surface area contributed by atoms with Crippen LogP contribution in [0.3, 0.4) is 0 Å². The van der Waals surface area contributed by atoms with Crippen LogP contribution in [0.5, 0.6) is 0 Å². The second kappa shape index (κ2) is 9.16. The molecule has 0 aliphatic rings. The molecule has 0 aliphatic carbocycles. The first-order chi connectivity index (χ1) is 18.5. The first-order valence-electron chi connectivity index (χ1n) is 12.2. The minimum absolute atomic E-state index is 0.151. The molecule has 0 radical (unpaired) electrons. The van der Waals surface area contributed by atoms with Crippen LogP contribution >= 0.6 is 0 Å². The summed E-state index contributed by atoms with van der Waals surface area (Å²) in [6.45, 7) is 4.40. The molecule has 0 bridgehead atoms. The summed E-state index contributed by atoms with van der Waals surface area (Å²) in [4.78, 5) is 31.9. The zero-order chi connectivity index (χ0) is 26.4. The molecule has 38 heavy (non-hydrogen) atoms. The fourth-order valence-electron chi connectivity index (χ4n) is 4.79. The highest BCUT2D eigenvalue weighted by atomic mass is 16.1. The van der Waals surface area contributed by atoms with Crippen LogP contribution in [0.1, 0.15) is 22.5 Å². The fourth-order valence-corrected chi connectivity index (χ4v) is 4.79. The summed E-state index contributed by atoms with van der Waals surface area (Å²) in [6, 6.07) is 17.3. The van der Waals surface area contributed by atoms with Crippen LogP contribution in [-0.4, -0.2) is 34.3 Å². The summed E-state index contributed by atoms with van der Waals surface area (Å²) in [6.07, 6.45) is 3.06. The number of fused-ring (bicyclic) bond motifs is 2. The third kappa shape index (κ3) is 3.78. The van der Waals surface area contributed by atoms with Gasteiger partial charge < -0.3 is 11.5 Å². The van der Waals surface area contributed by atoms with Gasteiger partial charge in [0.2, 0.25) is 0 Å². The zero-order valence-electron chi connectivity index (χ0n) is 21.0. The summed E-state index contributed by atoms with van der Waals surface area (Å²) in [5.41, 5.74) is 17.9. The van der Waals surface area contributed by atoms with E-state index in [1.54, 1.807) is 15.4 Å². The van der Waals surface area contributed by atoms with Crippen molar-refractivity contribution in [2.24, 2.45) is 5.73 Å². The number of benzene rings is 2. The molecule has 2 aromatic carbocycles. The highest BCUT2D eigenvalue weighted by Gasteiger charge is 2.21. The lowest BCUT2D eigenvalue weighted by Crippen LogP contribution is -2.27. The number of rotatable bonds is 5. The molecule has 10 heteroatoms. The quantitative estimate of drug-likeness (QED) is 0.365. The number of para-hydroxylation sites is 1. The maximum Gasteiger partial charge on any atom is 0.267 e. The molecule has 10 nitrogen and oxygen atoms in total. The van der Waals surface area contributed by atoms with Crippen molar-refractivity contribution in [1.29, 1.82) is 0 Å². The molecule has 4 aromatic heterocycles. The van der Waals surface area contributed by atoms with E-state index in [4.69, 9.17) is 21.5 Å². The average Bonchev–Trinajstić information content (AvgIpc) is 3.29. The average molecular weight is 504 g/mol. The minimum atomic E-state index is -0.189. The summed E-state index contributed by atoms with van der Waals surface area (Å²) < 4.78 is 3.34. The zero-order valence-corrected chi connectivity index (χ0v) is 21.0. The van der Waals surface area contributed by atoms with Gasteiger partial charge in [-0.1, -0.05) is 36.4 Å². The van der Waals surface area contributed by atoms with Gasteiger partial charge >= 0.3 is 0 Å². The number of hydrogen-bond acceptors (Lipinski definition) is 8. The molecular formula is C28H25N9O. The van der Waals surface area contributed by atoms with Gasteiger partial charge in [0.25, 0.3) is 5.56 Å². The van der Waals surface area contributed by atoms with Crippen LogP contribution < -0.4 is 17.0 Å². The normalized spacial score (nSPS) is 11.4. The lowest BCUT2D eigenvalue weighted by Gasteiger charge is -2.16. The monoisotopic (exact) mass is 503 g/mol. The van der Waals surface area contributed by atoms with Crippen molar-refractivity contribution in [2.45, 2.75) is 26.9 Å². The van der Waals surface area contributed by atoms with E-state index in [1.807, 2.05) is 68.4 Å². The lowest BCUT2D eigenvalue weighted by molar-refractivity contribution is 0.650. The molecule has 0 saturated heterocycles. The van der Waals surface area contributed by atoms with Gasteiger partial charge in [-0.25, -0.2) is 24.6 Å². The van der Waals surface area contributed by atoms with E-state index < -0.39 is 0 Å². The number of nitrogens with zero attached hydrogens (tertiary/aromatic N) is 7. The van der Waals surface area contributed by atoms with E-state index in [0.29, 0.717) is 45.9 Å². The van der Waals surface area contributed by atoms with Crippen molar-refractivity contribution in [1.82, 2.24) is 34.3 Å². The number of anilines is 1. The summed E-state index contributed by atoms with van der Waals surface area (Å²) in [5, 5.41) is 6.00. The third-order valence-corrected chi connectivity index (χ3v) is 6.69. The van der Waals surface area contributed by atoms with Crippen LogP contribution in [-0.2, 0) is 13.1 Å². The Kier molecular flexibility index (Phi) is 5.65. The van der Waals surface area contributed by atoms with Crippen molar-refractivity contribution < 1.29 is 0 Å². The van der Waals surface area contributed by atoms with Crippen molar-refractivity contribution in [3.8, 4) is 16.9 Å². The Hall–Kier alpha value is -4.96. The molecule has 6 rings (SSSR count). The number of nitrogen functional groups attached to an aromatic ring is 1. The summed E-state index contributed by atoms with van der Waals surface area (Å²) >= 11 is 0. The van der Waals surface area contributed by atoms with Gasteiger partial charge in [-0.15, -0.1) is 0 Å². The van der Waals surface area contributed by atoms with E-state index in [2.05, 4.69) is 15.0 Å². The smallest absolute Gasteiger partial charge is 0.267 e. The van der Waals surface area contributed by atoms with Gasteiger partial charge in [0, 0.05) is 18.3 Å². The molecule has 0 atom stereocenters. The predicted molar refractivity (Wildman–Crippen MR) is 147 cm³/mol. The van der Waals surface area contributed by atoms with E-state index >= 15 is 0 Å². The van der Waals surface area contributed by atoms with E-state index in [-0.39, 0.29) is 12.1 Å². The Balaban J connectivity index is 1.62. The van der Waals surface area contributed by atoms with Gasteiger partial charge in [-0.2, -0.15) is 5.10 Å². The van der Waals surface area contributed by atoms with Gasteiger partial charge in [0.15, 0.2) is 11.3 Å². The van der Waals surface area contributed by atoms with Gasteiger partial charge in [0.1, 0.15) is 30.2 Å². The number of pyridine rings is 1. The van der Waals surface area contributed by atoms with Crippen LogP contribution in [0.4, 0.5) is 5.82 Å². The summed E-state index contributed by atoms with van der Waals surface area (Å²) in [7, 11) is 0. The first kappa shape index (κ1) is 23.4. The van der Waals surface area contributed by atoms with Crippen molar-refractivity contribution in [2.75, 3.05) is 5.73 Å². The Labute approximate surface area is 217 Å². The Bertz CT molecular complexity index is 1910. The van der Waals surface area contributed by atoms with Gasteiger partial charge in [-0.05, 0) is 48.7 Å². The molecular weight excluding hydrogens is 478 g/mol. The van der Waals surface area contributed by atoms with Crippen molar-refractivity contribution >= 4 is 27.9 Å². The highest BCUT2D eigenvalue weighted by molar-refractivity contribution is 5.98. The Morgan fingerprint density at radius 2 is 1.76 bits per heavy atom. The van der Waals surface area contributed by atoms with E-state index in [1.165, 1.54) is 6.33 Å². The molecule has 0 amide bonds. The molecule has 4 heterocycles. The number of hydrogen-bond donors (Lipinski definition) is 2. The lowest BCUT2D eigenvalue weighted by atomic mass is 10.1. The van der Waals surface area contributed by atoms with Crippen LogP contribution in [0.15, 0.2) is 71.9 Å². The number of nitrogens with two attached hydrogens (primary N) is 2. The summed E-state index contributed by atoms with van der Waals surface area (Å²) in [5.74, 6) is 0.785. The van der Waals surface area contributed by atoms with Crippen molar-refractivity contribution in [3.63, 3.8) is 0 Å². The molecule has 0 unspecified atom stereocenters. The molecule has 0 saturated carbocycles. The number of aromatic nitrogens is 7. The minimum Gasteiger partial charge on any atom is -0.383 e. The maximum absolute atomic E-state index is 13.9. The Morgan fingerprint density at radius 1 is 0.921 bits per heavy atom. The van der Waals surface area contributed by atoms with Gasteiger partial charge in [-0.3, -0.25) is 9.36 Å². The highest BCUT2D eigenvalue weighted by Crippen LogP contribution is 2.31. The van der Waals surface area contributed by atoms with E-state index in [9.17, 15) is 4.79 Å². The molecule has 0 fully saturated rings. The molecule has 188 valence electrons. The molecule has 6 aromatic rings. The predicted octanol–water partition coefficient (Wildman–Crippen LogP) is 3.29. The SMILES string of the molecule is Cc1ccccc1-n1c(Cn2nc(-c3cccc(CN)c3)c3c(N)ncnc32)nc2nccc(C)c2c1=O. The largest absolute Gasteiger partial charge is 0.383 e. The third-order valence-electron chi connectivity index (χ3n) is 6.69. The second-order valence-electron chi connectivity index (χ2n) is 9.15. The van der Waals surface area contributed by atoms with Crippen LogP contribution in [0, 0.1) is 13.8 Å². The Morgan fingerprint density at radius 3 is 2.58 bits per heavy atom. The van der Waals surface area contributed by atoms with Crippen molar-refractivity contribution in [3.05, 3.63) is 100.0 Å². The molecule has 4 N–H and O–H groups in total. The van der Waals surface area contributed by atoms with Gasteiger partial charge in [0.05, 0.1) is 16.5 Å². The van der Waals surface area contributed by atoms with Crippen LogP contribution in [0.2, 0.25) is 0 Å². The standard InChI is InChI=1S/C28H25N9O/c1-16-6-3-4-9-20(16)37-21(34-26-22(28(37)38)17(2)10-11-31-26)14-36-27-23(25(30)32-15-33-27)24(35-36)19-8-5-7-18(12-19)13-29/h3-12,15H,13-14,29H2,1-2H3,(H2,30,32,33). The number of aryl methyl sites for hydroxylation is 2. The topological polar surface area (TPSA) is 143 Å². The first-order valence-corrected chi connectivity index (χ1v) is 12.2. The van der Waals surface area contributed by atoms with Crippen LogP contribution in [0.25, 0.3) is 39.0 Å². The molecule has 0 aliphatic heterocycles. The maximum atomic E-state index is 13.9. The second-order valence-corrected chi connectivity index (χ2v) is 9.15.